The maximum atomic E-state index is 11.4. The SMILES string of the molecule is CN(C)CC[C@H](N)CC(=O)OC(C)(C)C. The highest BCUT2D eigenvalue weighted by Crippen LogP contribution is 2.09. The molecule has 0 amide bonds. The molecule has 1 atom stereocenters. The standard InChI is InChI=1S/C11H24N2O2/c1-11(2,3)15-10(14)8-9(12)6-7-13(4)5/h9H,6-8,12H2,1-5H3/t9-/m0/s1. The summed E-state index contributed by atoms with van der Waals surface area (Å²) in [5.41, 5.74) is 5.40. The molecule has 0 fully saturated rings. The molecule has 0 aliphatic heterocycles. The number of nitrogens with two attached hydrogens (primary N) is 1. The van der Waals surface area contributed by atoms with Crippen LogP contribution in [0.1, 0.15) is 33.6 Å². The molecule has 0 aromatic rings. The molecule has 90 valence electrons. The molecular weight excluding hydrogens is 192 g/mol. The Hall–Kier alpha value is -0.610. The van der Waals surface area contributed by atoms with E-state index in [2.05, 4.69) is 4.90 Å². The largest absolute Gasteiger partial charge is 0.460 e. The van der Waals surface area contributed by atoms with Crippen molar-refractivity contribution in [2.45, 2.75) is 45.3 Å². The van der Waals surface area contributed by atoms with E-state index in [1.54, 1.807) is 0 Å². The lowest BCUT2D eigenvalue weighted by Gasteiger charge is -2.21. The minimum Gasteiger partial charge on any atom is -0.460 e. The average Bonchev–Trinajstić information content (AvgIpc) is 1.96. The fourth-order valence-corrected chi connectivity index (χ4v) is 1.12. The first-order valence-electron chi connectivity index (χ1n) is 5.33. The smallest absolute Gasteiger partial charge is 0.307 e. The van der Waals surface area contributed by atoms with E-state index in [9.17, 15) is 4.79 Å². The topological polar surface area (TPSA) is 55.6 Å². The molecule has 0 bridgehead atoms. The Labute approximate surface area is 92.8 Å². The number of carbonyl (C=O) groups excluding carboxylic acids is 1. The first kappa shape index (κ1) is 14.4. The van der Waals surface area contributed by atoms with Crippen LogP contribution in [-0.4, -0.2) is 43.2 Å². The number of rotatable bonds is 5. The molecule has 0 aliphatic rings. The zero-order valence-corrected chi connectivity index (χ0v) is 10.5. The first-order valence-corrected chi connectivity index (χ1v) is 5.33. The fourth-order valence-electron chi connectivity index (χ4n) is 1.12. The van der Waals surface area contributed by atoms with Crippen molar-refractivity contribution in [1.82, 2.24) is 4.90 Å². The molecule has 0 aromatic carbocycles. The molecule has 0 saturated heterocycles. The van der Waals surface area contributed by atoms with Gasteiger partial charge in [0.15, 0.2) is 0 Å². The van der Waals surface area contributed by atoms with E-state index < -0.39 is 5.60 Å². The molecule has 2 N–H and O–H groups in total. The molecule has 4 heteroatoms. The van der Waals surface area contributed by atoms with Crippen LogP contribution in [0.2, 0.25) is 0 Å². The van der Waals surface area contributed by atoms with Crippen LogP contribution in [-0.2, 0) is 9.53 Å². The quantitative estimate of drug-likeness (QED) is 0.697. The molecule has 0 aromatic heterocycles. The summed E-state index contributed by atoms with van der Waals surface area (Å²) in [5.74, 6) is -0.214. The van der Waals surface area contributed by atoms with Gasteiger partial charge in [0.2, 0.25) is 0 Å². The Bertz CT molecular complexity index is 197. The van der Waals surface area contributed by atoms with Gasteiger partial charge in [-0.05, 0) is 47.8 Å². The third-order valence-corrected chi connectivity index (χ3v) is 1.80. The average molecular weight is 216 g/mol. The number of hydrogen-bond acceptors (Lipinski definition) is 4. The Kier molecular flexibility index (Phi) is 5.83. The van der Waals surface area contributed by atoms with Crippen molar-refractivity contribution in [2.24, 2.45) is 5.73 Å². The van der Waals surface area contributed by atoms with Gasteiger partial charge in [-0.15, -0.1) is 0 Å². The normalized spacial score (nSPS) is 14.1. The van der Waals surface area contributed by atoms with Crippen molar-refractivity contribution < 1.29 is 9.53 Å². The molecule has 0 rings (SSSR count). The van der Waals surface area contributed by atoms with Gasteiger partial charge in [-0.2, -0.15) is 0 Å². The van der Waals surface area contributed by atoms with E-state index in [0.717, 1.165) is 13.0 Å². The zero-order chi connectivity index (χ0) is 12.1. The number of ether oxygens (including phenoxy) is 1. The van der Waals surface area contributed by atoms with Crippen LogP contribution in [0.3, 0.4) is 0 Å². The Morgan fingerprint density at radius 3 is 2.33 bits per heavy atom. The lowest BCUT2D eigenvalue weighted by Crippen LogP contribution is -2.32. The number of hydrogen-bond donors (Lipinski definition) is 1. The lowest BCUT2D eigenvalue weighted by atomic mass is 10.1. The van der Waals surface area contributed by atoms with Crippen LogP contribution in [0.4, 0.5) is 0 Å². The fraction of sp³-hybridized carbons (Fsp3) is 0.909. The third kappa shape index (κ3) is 9.69. The van der Waals surface area contributed by atoms with Gasteiger partial charge in [-0.25, -0.2) is 0 Å². The molecule has 15 heavy (non-hydrogen) atoms. The van der Waals surface area contributed by atoms with Gasteiger partial charge in [0, 0.05) is 6.04 Å². The monoisotopic (exact) mass is 216 g/mol. The van der Waals surface area contributed by atoms with E-state index in [1.165, 1.54) is 0 Å². The summed E-state index contributed by atoms with van der Waals surface area (Å²) in [6, 6.07) is -0.109. The van der Waals surface area contributed by atoms with Gasteiger partial charge in [0.25, 0.3) is 0 Å². The van der Waals surface area contributed by atoms with Crippen molar-refractivity contribution >= 4 is 5.97 Å². The molecule has 4 nitrogen and oxygen atoms in total. The zero-order valence-electron chi connectivity index (χ0n) is 10.5. The maximum absolute atomic E-state index is 11.4. The van der Waals surface area contributed by atoms with E-state index in [-0.39, 0.29) is 12.0 Å². The molecule has 0 spiro atoms. The second-order valence-corrected chi connectivity index (χ2v) is 5.14. The number of esters is 1. The van der Waals surface area contributed by atoms with E-state index in [1.807, 2.05) is 34.9 Å². The van der Waals surface area contributed by atoms with Crippen molar-refractivity contribution in [3.05, 3.63) is 0 Å². The summed E-state index contributed by atoms with van der Waals surface area (Å²) >= 11 is 0. The van der Waals surface area contributed by atoms with E-state index in [0.29, 0.717) is 6.42 Å². The lowest BCUT2D eigenvalue weighted by molar-refractivity contribution is -0.155. The van der Waals surface area contributed by atoms with Crippen LogP contribution < -0.4 is 5.73 Å². The Morgan fingerprint density at radius 1 is 1.40 bits per heavy atom. The predicted octanol–water partition coefficient (Wildman–Crippen LogP) is 0.997. The van der Waals surface area contributed by atoms with Gasteiger partial charge in [-0.3, -0.25) is 4.79 Å². The van der Waals surface area contributed by atoms with Crippen molar-refractivity contribution in [1.29, 1.82) is 0 Å². The van der Waals surface area contributed by atoms with E-state index >= 15 is 0 Å². The van der Waals surface area contributed by atoms with Gasteiger partial charge >= 0.3 is 5.97 Å². The summed E-state index contributed by atoms with van der Waals surface area (Å²) in [7, 11) is 3.97. The first-order chi connectivity index (χ1) is 6.70. The van der Waals surface area contributed by atoms with Gasteiger partial charge < -0.3 is 15.4 Å². The summed E-state index contributed by atoms with van der Waals surface area (Å²) in [6.07, 6.45) is 1.11. The van der Waals surface area contributed by atoms with E-state index in [4.69, 9.17) is 10.5 Å². The third-order valence-electron chi connectivity index (χ3n) is 1.80. The predicted molar refractivity (Wildman–Crippen MR) is 61.6 cm³/mol. The van der Waals surface area contributed by atoms with Crippen molar-refractivity contribution in [3.63, 3.8) is 0 Å². The second-order valence-electron chi connectivity index (χ2n) is 5.14. The van der Waals surface area contributed by atoms with Crippen molar-refractivity contribution in [3.8, 4) is 0 Å². The van der Waals surface area contributed by atoms with Gasteiger partial charge in [0.1, 0.15) is 5.60 Å². The highest BCUT2D eigenvalue weighted by Gasteiger charge is 2.18. The summed E-state index contributed by atoms with van der Waals surface area (Å²) < 4.78 is 5.18. The maximum Gasteiger partial charge on any atom is 0.307 e. The van der Waals surface area contributed by atoms with Crippen LogP contribution in [0, 0.1) is 0 Å². The summed E-state index contributed by atoms with van der Waals surface area (Å²) in [4.78, 5) is 13.4. The molecule has 0 saturated carbocycles. The van der Waals surface area contributed by atoms with Crippen molar-refractivity contribution in [2.75, 3.05) is 20.6 Å². The minimum absolute atomic E-state index is 0.109. The molecule has 0 aliphatic carbocycles. The number of nitrogens with zero attached hydrogens (tertiary/aromatic N) is 1. The molecule has 0 radical (unpaired) electrons. The minimum atomic E-state index is -0.418. The summed E-state index contributed by atoms with van der Waals surface area (Å²) in [6.45, 7) is 6.46. The van der Waals surface area contributed by atoms with Crippen LogP contribution in [0.5, 0.6) is 0 Å². The summed E-state index contributed by atoms with van der Waals surface area (Å²) in [5, 5.41) is 0. The molecular formula is C11H24N2O2. The highest BCUT2D eigenvalue weighted by atomic mass is 16.6. The molecule has 0 unspecified atom stereocenters. The second kappa shape index (κ2) is 6.08. The Morgan fingerprint density at radius 2 is 1.93 bits per heavy atom. The van der Waals surface area contributed by atoms with Crippen LogP contribution in [0.15, 0.2) is 0 Å². The van der Waals surface area contributed by atoms with Gasteiger partial charge in [0.05, 0.1) is 6.42 Å². The number of carbonyl (C=O) groups is 1. The molecule has 0 heterocycles. The highest BCUT2D eigenvalue weighted by molar-refractivity contribution is 5.70. The van der Waals surface area contributed by atoms with Crippen LogP contribution >= 0.6 is 0 Å². The van der Waals surface area contributed by atoms with Gasteiger partial charge in [-0.1, -0.05) is 0 Å². The van der Waals surface area contributed by atoms with Crippen LogP contribution in [0.25, 0.3) is 0 Å². The Balaban J connectivity index is 3.77.